The first-order valence-electron chi connectivity index (χ1n) is 11.9. The zero-order valence-electron chi connectivity index (χ0n) is 21.1. The molecular weight excluding hydrogens is 498 g/mol. The molecule has 4 rings (SSSR count). The summed E-state index contributed by atoms with van der Waals surface area (Å²) in [7, 11) is 8.45. The summed E-state index contributed by atoms with van der Waals surface area (Å²) in [5.41, 5.74) is -0.260. The average Bonchev–Trinajstić information content (AvgIpc) is 3.18. The van der Waals surface area contributed by atoms with Crippen molar-refractivity contribution >= 4 is 74.5 Å². The lowest BCUT2D eigenvalue weighted by Gasteiger charge is -2.51. The van der Waals surface area contributed by atoms with E-state index >= 15 is 0 Å². The monoisotopic (exact) mass is 521 g/mol. The number of amides is 4. The molecule has 0 radical (unpaired) electrons. The first-order valence-corrected chi connectivity index (χ1v) is 12.2. The van der Waals surface area contributed by atoms with Crippen LogP contribution < -0.4 is 10.6 Å². The minimum atomic E-state index is -3.77. The zero-order valence-corrected chi connectivity index (χ0v) is 21.9. The smallest absolute Gasteiger partial charge is 0.349 e. The van der Waals surface area contributed by atoms with E-state index in [2.05, 4.69) is 10.6 Å². The van der Waals surface area contributed by atoms with Crippen molar-refractivity contribution in [3.63, 3.8) is 0 Å². The number of nitrogens with one attached hydrogen (secondary N) is 2. The van der Waals surface area contributed by atoms with Gasteiger partial charge in [-0.25, -0.2) is 0 Å². The van der Waals surface area contributed by atoms with E-state index in [1.54, 1.807) is 57.4 Å². The quantitative estimate of drug-likeness (QED) is 0.340. The Labute approximate surface area is 222 Å². The Bertz CT molecular complexity index is 1330. The number of imide groups is 1. The summed E-state index contributed by atoms with van der Waals surface area (Å²) < 4.78 is 29.4. The molecule has 0 aromatic heterocycles. The van der Waals surface area contributed by atoms with Crippen LogP contribution in [0.5, 0.6) is 0 Å². The van der Waals surface area contributed by atoms with Crippen molar-refractivity contribution < 1.29 is 28.0 Å². The van der Waals surface area contributed by atoms with Gasteiger partial charge in [-0.2, -0.15) is 8.78 Å². The molecule has 3 unspecified atom stereocenters. The highest BCUT2D eigenvalue weighted by Gasteiger charge is 2.58. The zero-order chi connectivity index (χ0) is 27.5. The SMILES string of the molecule is BC(NC(=O)C(F)(F)c1ccc(Cl)cc1)c1ccc2c(c1)CN(C1(B)C(=O)NC(=O)C(B)(B)C1B)C2=O. The van der Waals surface area contributed by atoms with Crippen LogP contribution in [-0.4, -0.2) is 73.2 Å². The van der Waals surface area contributed by atoms with Gasteiger partial charge in [-0.3, -0.25) is 24.5 Å². The highest BCUT2D eigenvalue weighted by atomic mass is 35.5. The predicted molar refractivity (Wildman–Crippen MR) is 148 cm³/mol. The molecule has 0 bridgehead atoms. The van der Waals surface area contributed by atoms with Crippen LogP contribution in [0.3, 0.4) is 0 Å². The average molecular weight is 521 g/mol. The topological polar surface area (TPSA) is 95.6 Å². The maximum absolute atomic E-state index is 14.7. The van der Waals surface area contributed by atoms with Crippen molar-refractivity contribution in [2.75, 3.05) is 0 Å². The van der Waals surface area contributed by atoms with E-state index in [-0.39, 0.29) is 17.5 Å². The van der Waals surface area contributed by atoms with Crippen LogP contribution >= 0.6 is 11.6 Å². The molecule has 15 heteroatoms. The number of alkyl halides is 2. The molecule has 1 saturated heterocycles. The maximum atomic E-state index is 14.7. The van der Waals surface area contributed by atoms with Crippen LogP contribution in [0.15, 0.2) is 42.5 Å². The molecule has 2 N–H and O–H groups in total. The molecule has 0 spiro atoms. The van der Waals surface area contributed by atoms with Gasteiger partial charge in [0.15, 0.2) is 0 Å². The van der Waals surface area contributed by atoms with Crippen molar-refractivity contribution in [3.8, 4) is 0 Å². The molecule has 0 aliphatic carbocycles. The van der Waals surface area contributed by atoms with Crippen LogP contribution in [0.4, 0.5) is 8.78 Å². The first kappa shape index (κ1) is 27.0. The van der Waals surface area contributed by atoms with Crippen molar-refractivity contribution in [2.45, 2.75) is 34.9 Å². The van der Waals surface area contributed by atoms with Gasteiger partial charge in [0.05, 0.1) is 5.44 Å². The Morgan fingerprint density at radius 1 is 1.11 bits per heavy atom. The number of piperidine rings is 1. The summed E-state index contributed by atoms with van der Waals surface area (Å²) in [5.74, 6) is -7.80. The van der Waals surface area contributed by atoms with E-state index in [1.165, 1.54) is 17.0 Å². The molecule has 4 amide bonds. The van der Waals surface area contributed by atoms with E-state index in [9.17, 15) is 28.0 Å². The Morgan fingerprint density at radius 2 is 1.73 bits per heavy atom. The number of nitrogens with zero attached hydrogens (tertiary/aromatic N) is 1. The Balaban J connectivity index is 1.56. The van der Waals surface area contributed by atoms with Crippen LogP contribution in [-0.2, 0) is 26.9 Å². The number of carbonyl (C=O) groups is 4. The largest absolute Gasteiger partial charge is 0.352 e. The second-order valence-corrected chi connectivity index (χ2v) is 10.9. The van der Waals surface area contributed by atoms with Crippen LogP contribution in [0.2, 0.25) is 16.1 Å². The van der Waals surface area contributed by atoms with Crippen molar-refractivity contribution in [1.82, 2.24) is 15.5 Å². The highest BCUT2D eigenvalue weighted by molar-refractivity contribution is 6.58. The fraction of sp³-hybridized carbons (Fsp3) is 0.273. The fourth-order valence-electron chi connectivity index (χ4n) is 4.99. The van der Waals surface area contributed by atoms with Gasteiger partial charge in [0, 0.05) is 28.6 Å². The summed E-state index contributed by atoms with van der Waals surface area (Å²) in [6.45, 7) is 0.0993. The molecule has 186 valence electrons. The first-order chi connectivity index (χ1) is 17.1. The van der Waals surface area contributed by atoms with Crippen LogP contribution in [0.1, 0.15) is 33.0 Å². The molecular formula is C22H23B5ClF2N3O4. The normalized spacial score (nSPS) is 23.8. The number of halogens is 3. The second-order valence-electron chi connectivity index (χ2n) is 10.5. The van der Waals surface area contributed by atoms with E-state index < -0.39 is 51.6 Å². The molecule has 37 heavy (non-hydrogen) atoms. The molecule has 2 heterocycles. The second kappa shape index (κ2) is 9.08. The van der Waals surface area contributed by atoms with Gasteiger partial charge >= 0.3 is 5.92 Å². The minimum Gasteiger partial charge on any atom is -0.352 e. The predicted octanol–water partition coefficient (Wildman–Crippen LogP) is -2.37. The third kappa shape index (κ3) is 4.29. The summed E-state index contributed by atoms with van der Waals surface area (Å²) in [5, 5.41) is 4.13. The Kier molecular flexibility index (Phi) is 6.63. The van der Waals surface area contributed by atoms with Crippen molar-refractivity contribution in [1.29, 1.82) is 0 Å². The van der Waals surface area contributed by atoms with Gasteiger partial charge < -0.3 is 10.2 Å². The van der Waals surface area contributed by atoms with Gasteiger partial charge in [-0.05, 0) is 40.4 Å². The van der Waals surface area contributed by atoms with Crippen LogP contribution in [0.25, 0.3) is 0 Å². The number of fused-ring (bicyclic) bond motifs is 1. The molecule has 2 aliphatic rings. The Morgan fingerprint density at radius 3 is 2.35 bits per heavy atom. The standard InChI is InChI=1S/C22H23B5ClF2N3O4/c23-14(31-19(37)22(29,30)11-2-4-12(28)5-3-11)9-1-6-13-10(7-9)8-33(15(13)34)21(27)16(24)20(25,26)17(35)32-18(21)36/h1-7,14,16H,8,23-27H2,(H,31,37)(H,32,35,36). The fourth-order valence-corrected chi connectivity index (χ4v) is 5.12. The summed E-state index contributed by atoms with van der Waals surface area (Å²) in [4.78, 5) is 52.6. The molecule has 3 atom stereocenters. The van der Waals surface area contributed by atoms with Gasteiger partial charge in [-0.15, -0.1) is 0 Å². The summed E-state index contributed by atoms with van der Waals surface area (Å²) in [6.07, 6.45) is 0. The Hall–Kier alpha value is -3.01. The van der Waals surface area contributed by atoms with Gasteiger partial charge in [0.25, 0.3) is 11.8 Å². The number of hydrogen-bond acceptors (Lipinski definition) is 4. The van der Waals surface area contributed by atoms with Gasteiger partial charge in [0.2, 0.25) is 11.8 Å². The van der Waals surface area contributed by atoms with Gasteiger partial charge in [0.1, 0.15) is 39.2 Å². The van der Waals surface area contributed by atoms with Crippen molar-refractivity contribution in [2.24, 2.45) is 0 Å². The van der Waals surface area contributed by atoms with E-state index in [0.717, 1.165) is 12.1 Å². The van der Waals surface area contributed by atoms with Crippen LogP contribution in [0, 0.1) is 0 Å². The lowest BCUT2D eigenvalue weighted by atomic mass is 9.35. The molecule has 0 saturated carbocycles. The minimum absolute atomic E-state index is 0.0993. The molecule has 2 aromatic carbocycles. The molecule has 1 fully saturated rings. The number of carbonyl (C=O) groups excluding carboxylic acids is 4. The number of rotatable bonds is 5. The van der Waals surface area contributed by atoms with Gasteiger partial charge in [-0.1, -0.05) is 35.9 Å². The molecule has 7 nitrogen and oxygen atoms in total. The maximum Gasteiger partial charge on any atom is 0.349 e. The highest BCUT2D eigenvalue weighted by Crippen LogP contribution is 2.47. The van der Waals surface area contributed by atoms with E-state index in [4.69, 9.17) is 11.6 Å². The lowest BCUT2D eigenvalue weighted by Crippen LogP contribution is -2.70. The lowest BCUT2D eigenvalue weighted by molar-refractivity contribution is -0.147. The molecule has 2 aliphatic heterocycles. The number of hydrogen-bond donors (Lipinski definition) is 2. The summed E-state index contributed by atoms with van der Waals surface area (Å²) in [6, 6.07) is 9.60. The van der Waals surface area contributed by atoms with E-state index in [1.807, 2.05) is 0 Å². The van der Waals surface area contributed by atoms with E-state index in [0.29, 0.717) is 16.7 Å². The van der Waals surface area contributed by atoms with Crippen molar-refractivity contribution in [3.05, 3.63) is 69.7 Å². The summed E-state index contributed by atoms with van der Waals surface area (Å²) >= 11 is 5.76. The third-order valence-corrected chi connectivity index (χ3v) is 8.28. The number of benzene rings is 2. The third-order valence-electron chi connectivity index (χ3n) is 8.03. The molecule has 2 aromatic rings.